The van der Waals surface area contributed by atoms with Crippen molar-refractivity contribution in [2.24, 2.45) is 0 Å². The second-order valence-electron chi connectivity index (χ2n) is 3.59. The van der Waals surface area contributed by atoms with E-state index >= 15 is 0 Å². The molecule has 0 bridgehead atoms. The summed E-state index contributed by atoms with van der Waals surface area (Å²) < 4.78 is 17.9. The lowest BCUT2D eigenvalue weighted by Gasteiger charge is -2.05. The summed E-state index contributed by atoms with van der Waals surface area (Å²) in [5, 5.41) is 2.49. The molecule has 0 spiro atoms. The molecule has 5 heteroatoms. The van der Waals surface area contributed by atoms with Gasteiger partial charge in [-0.3, -0.25) is 4.79 Å². The zero-order chi connectivity index (χ0) is 12.3. The van der Waals surface area contributed by atoms with Crippen LogP contribution in [0.25, 0.3) is 0 Å². The van der Waals surface area contributed by atoms with Crippen LogP contribution < -0.4 is 5.32 Å². The largest absolute Gasteiger partial charge is 0.456 e. The summed E-state index contributed by atoms with van der Waals surface area (Å²) in [5.41, 5.74) is 0.715. The van der Waals surface area contributed by atoms with Crippen molar-refractivity contribution in [2.45, 2.75) is 6.42 Å². The van der Waals surface area contributed by atoms with E-state index in [9.17, 15) is 14.0 Å². The summed E-state index contributed by atoms with van der Waals surface area (Å²) >= 11 is 0. The van der Waals surface area contributed by atoms with Crippen LogP contribution in [-0.2, 0) is 20.7 Å². The van der Waals surface area contributed by atoms with Crippen molar-refractivity contribution in [2.75, 3.05) is 6.61 Å². The fraction of sp³-hybridized carbons (Fsp3) is 0.167. The Labute approximate surface area is 97.1 Å². The third-order valence-electron chi connectivity index (χ3n) is 2.27. The number of ether oxygens (including phenoxy) is 1. The Morgan fingerprint density at radius 1 is 1.41 bits per heavy atom. The van der Waals surface area contributed by atoms with Gasteiger partial charge in [-0.25, -0.2) is 9.18 Å². The summed E-state index contributed by atoms with van der Waals surface area (Å²) in [5.74, 6) is -1.28. The van der Waals surface area contributed by atoms with Crippen molar-refractivity contribution in [1.82, 2.24) is 5.32 Å². The van der Waals surface area contributed by atoms with Crippen LogP contribution in [0.15, 0.2) is 36.0 Å². The molecule has 17 heavy (non-hydrogen) atoms. The third kappa shape index (κ3) is 2.90. The van der Waals surface area contributed by atoms with Gasteiger partial charge in [0.25, 0.3) is 0 Å². The maximum atomic E-state index is 13.3. The molecule has 1 aromatic rings. The van der Waals surface area contributed by atoms with Gasteiger partial charge in [-0.15, -0.1) is 0 Å². The van der Waals surface area contributed by atoms with E-state index in [0.717, 1.165) is 0 Å². The van der Waals surface area contributed by atoms with E-state index in [1.807, 2.05) is 0 Å². The van der Waals surface area contributed by atoms with Crippen LogP contribution in [0.5, 0.6) is 0 Å². The average Bonchev–Trinajstić information content (AvgIpc) is 2.67. The number of nitrogens with one attached hydrogen (secondary N) is 1. The zero-order valence-corrected chi connectivity index (χ0v) is 8.90. The lowest BCUT2D eigenvalue weighted by molar-refractivity contribution is -0.135. The highest BCUT2D eigenvalue weighted by Gasteiger charge is 2.15. The van der Waals surface area contributed by atoms with Crippen molar-refractivity contribution in [3.05, 3.63) is 47.4 Å². The third-order valence-corrected chi connectivity index (χ3v) is 2.27. The number of carbonyl (C=O) groups excluding carboxylic acids is 2. The highest BCUT2D eigenvalue weighted by Crippen LogP contribution is 2.08. The highest BCUT2D eigenvalue weighted by molar-refractivity contribution is 5.88. The van der Waals surface area contributed by atoms with Gasteiger partial charge in [0.2, 0.25) is 5.91 Å². The van der Waals surface area contributed by atoms with Crippen molar-refractivity contribution in [1.29, 1.82) is 0 Å². The van der Waals surface area contributed by atoms with E-state index in [-0.39, 0.29) is 18.9 Å². The molecule has 1 aliphatic heterocycles. The first-order valence-electron chi connectivity index (χ1n) is 5.06. The molecule has 0 radical (unpaired) electrons. The molecular formula is C12H10FNO3. The van der Waals surface area contributed by atoms with Gasteiger partial charge in [0, 0.05) is 6.08 Å². The van der Waals surface area contributed by atoms with Crippen molar-refractivity contribution in [3.63, 3.8) is 0 Å². The Bertz CT molecular complexity index is 496. The second-order valence-corrected chi connectivity index (χ2v) is 3.59. The van der Waals surface area contributed by atoms with Crippen LogP contribution in [0.2, 0.25) is 0 Å². The predicted octanol–water partition coefficient (Wildman–Crippen LogP) is 0.925. The number of hydrogen-bond donors (Lipinski definition) is 1. The quantitative estimate of drug-likeness (QED) is 0.793. The Kier molecular flexibility index (Phi) is 3.18. The lowest BCUT2D eigenvalue weighted by atomic mass is 10.1. The van der Waals surface area contributed by atoms with E-state index in [1.54, 1.807) is 18.2 Å². The van der Waals surface area contributed by atoms with Crippen LogP contribution >= 0.6 is 0 Å². The number of halogens is 1. The minimum atomic E-state index is -0.480. The molecule has 2 rings (SSSR count). The summed E-state index contributed by atoms with van der Waals surface area (Å²) in [6.45, 7) is 0.0574. The molecular weight excluding hydrogens is 225 g/mol. The number of carbonyl (C=O) groups is 2. The van der Waals surface area contributed by atoms with Crippen molar-refractivity contribution in [3.8, 4) is 0 Å². The second kappa shape index (κ2) is 4.78. The number of esters is 1. The van der Waals surface area contributed by atoms with Gasteiger partial charge in [0.05, 0.1) is 12.1 Å². The summed E-state index contributed by atoms with van der Waals surface area (Å²) in [6.07, 6.45) is 1.14. The van der Waals surface area contributed by atoms with Crippen LogP contribution in [0, 0.1) is 5.82 Å². The molecule has 0 unspecified atom stereocenters. The molecule has 0 saturated carbocycles. The highest BCUT2D eigenvalue weighted by atomic mass is 19.1. The minimum absolute atomic E-state index is 0.0574. The van der Waals surface area contributed by atoms with E-state index in [2.05, 4.69) is 10.1 Å². The Balaban J connectivity index is 1.96. The van der Waals surface area contributed by atoms with Crippen LogP contribution in [0.4, 0.5) is 4.39 Å². The number of amides is 1. The minimum Gasteiger partial charge on any atom is -0.456 e. The van der Waals surface area contributed by atoms with Crippen molar-refractivity contribution >= 4 is 11.9 Å². The van der Waals surface area contributed by atoms with Gasteiger partial charge in [-0.2, -0.15) is 0 Å². The van der Waals surface area contributed by atoms with Crippen LogP contribution in [-0.4, -0.2) is 18.5 Å². The fourth-order valence-electron chi connectivity index (χ4n) is 1.48. The normalized spacial score (nSPS) is 14.2. The van der Waals surface area contributed by atoms with Gasteiger partial charge in [-0.05, 0) is 11.6 Å². The maximum absolute atomic E-state index is 13.3. The number of hydrogen-bond acceptors (Lipinski definition) is 3. The SMILES string of the molecule is O=C(Cc1ccccc1F)NC1=CC(=O)OC1. The Morgan fingerprint density at radius 2 is 2.18 bits per heavy atom. The molecule has 0 atom stereocenters. The first kappa shape index (κ1) is 11.3. The molecule has 1 heterocycles. The smallest absolute Gasteiger partial charge is 0.333 e. The van der Waals surface area contributed by atoms with Gasteiger partial charge in [0.15, 0.2) is 0 Å². The van der Waals surface area contributed by atoms with E-state index in [1.165, 1.54) is 12.1 Å². The topological polar surface area (TPSA) is 55.4 Å². The monoisotopic (exact) mass is 235 g/mol. The molecule has 1 aromatic carbocycles. The fourth-order valence-corrected chi connectivity index (χ4v) is 1.48. The molecule has 0 saturated heterocycles. The predicted molar refractivity (Wildman–Crippen MR) is 57.3 cm³/mol. The molecule has 1 N–H and O–H groups in total. The zero-order valence-electron chi connectivity index (χ0n) is 8.90. The van der Waals surface area contributed by atoms with E-state index in [0.29, 0.717) is 11.3 Å². The van der Waals surface area contributed by atoms with Gasteiger partial charge < -0.3 is 10.1 Å². The van der Waals surface area contributed by atoms with E-state index < -0.39 is 11.8 Å². The molecule has 4 nitrogen and oxygen atoms in total. The van der Waals surface area contributed by atoms with Gasteiger partial charge in [0.1, 0.15) is 12.4 Å². The first-order chi connectivity index (χ1) is 8.15. The lowest BCUT2D eigenvalue weighted by Crippen LogP contribution is -2.25. The Hall–Kier alpha value is -2.17. The molecule has 1 amide bonds. The first-order valence-corrected chi connectivity index (χ1v) is 5.06. The summed E-state index contributed by atoms with van der Waals surface area (Å²) in [7, 11) is 0. The van der Waals surface area contributed by atoms with E-state index in [4.69, 9.17) is 0 Å². The molecule has 0 aromatic heterocycles. The average molecular weight is 235 g/mol. The Morgan fingerprint density at radius 3 is 2.82 bits per heavy atom. The van der Waals surface area contributed by atoms with Gasteiger partial charge in [-0.1, -0.05) is 18.2 Å². The van der Waals surface area contributed by atoms with Crippen LogP contribution in [0.3, 0.4) is 0 Å². The number of cyclic esters (lactones) is 1. The molecule has 0 aliphatic carbocycles. The van der Waals surface area contributed by atoms with Crippen molar-refractivity contribution < 1.29 is 18.7 Å². The maximum Gasteiger partial charge on any atom is 0.333 e. The molecule has 0 fully saturated rings. The number of benzene rings is 1. The summed E-state index contributed by atoms with van der Waals surface area (Å²) in [6, 6.07) is 6.06. The number of rotatable bonds is 3. The summed E-state index contributed by atoms with van der Waals surface area (Å²) in [4.78, 5) is 22.3. The van der Waals surface area contributed by atoms with Gasteiger partial charge >= 0.3 is 5.97 Å². The van der Waals surface area contributed by atoms with Crippen LogP contribution in [0.1, 0.15) is 5.56 Å². The standard InChI is InChI=1S/C12H10FNO3/c13-10-4-2-1-3-8(10)5-11(15)14-9-6-12(16)17-7-9/h1-4,6H,5,7H2,(H,14,15). The molecule has 88 valence electrons. The molecule has 1 aliphatic rings.